The maximum absolute atomic E-state index is 11.8. The van der Waals surface area contributed by atoms with Gasteiger partial charge in [0.1, 0.15) is 0 Å². The number of nitrogens with zero attached hydrogens (tertiary/aromatic N) is 2. The summed E-state index contributed by atoms with van der Waals surface area (Å²) in [6.45, 7) is 0.714. The largest absolute Gasteiger partial charge is 0.352 e. The number of carbonyl (C=O) groups is 1. The number of hydrogen-bond donors (Lipinski definition) is 1. The molecule has 0 fully saturated rings. The molecule has 0 unspecified atom stereocenters. The van der Waals surface area contributed by atoms with Crippen LogP contribution in [0.4, 0.5) is 0 Å². The highest BCUT2D eigenvalue weighted by Gasteiger charge is 2.10. The minimum Gasteiger partial charge on any atom is -0.352 e. The number of amides is 1. The van der Waals surface area contributed by atoms with Crippen LogP contribution in [-0.2, 0) is 0 Å². The lowest BCUT2D eigenvalue weighted by Gasteiger charge is -2.01. The smallest absolute Gasteiger partial charge is 0.255 e. The zero-order valence-corrected chi connectivity index (χ0v) is 10.8. The van der Waals surface area contributed by atoms with Crippen LogP contribution in [0.25, 0.3) is 5.52 Å². The Kier molecular flexibility index (Phi) is 3.76. The van der Waals surface area contributed by atoms with Crippen LogP contribution in [0, 0.1) is 0 Å². The number of hydrogen-bond acceptors (Lipinski definition) is 2. The summed E-state index contributed by atoms with van der Waals surface area (Å²) in [5.74, 6) is -0.0500. The van der Waals surface area contributed by atoms with Gasteiger partial charge in [0.05, 0.1) is 17.3 Å². The quantitative estimate of drug-likeness (QED) is 0.529. The summed E-state index contributed by atoms with van der Waals surface area (Å²) < 4.78 is 2.75. The highest BCUT2D eigenvalue weighted by molar-refractivity contribution is 14.1. The standard InChI is InChI=1S/C11H12IN3O/c12-5-3-6-13-11(16)9-8-14-15-7-2-1-4-10(9)15/h1-2,4,7-8H,3,5-6H2,(H,13,16). The molecule has 5 heteroatoms. The van der Waals surface area contributed by atoms with Crippen molar-refractivity contribution < 1.29 is 4.79 Å². The van der Waals surface area contributed by atoms with E-state index in [-0.39, 0.29) is 5.91 Å². The second-order valence-electron chi connectivity index (χ2n) is 3.39. The molecule has 2 aromatic heterocycles. The first-order valence-corrected chi connectivity index (χ1v) is 6.62. The number of aromatic nitrogens is 2. The van der Waals surface area contributed by atoms with Crippen molar-refractivity contribution in [2.45, 2.75) is 6.42 Å². The van der Waals surface area contributed by atoms with Crippen molar-refractivity contribution in [3.8, 4) is 0 Å². The molecule has 0 aromatic carbocycles. The average Bonchev–Trinajstić information content (AvgIpc) is 2.73. The van der Waals surface area contributed by atoms with Crippen LogP contribution in [0.3, 0.4) is 0 Å². The molecule has 0 aliphatic heterocycles. The van der Waals surface area contributed by atoms with Crippen molar-refractivity contribution in [3.63, 3.8) is 0 Å². The van der Waals surface area contributed by atoms with Crippen LogP contribution in [0.2, 0.25) is 0 Å². The molecule has 2 aromatic rings. The van der Waals surface area contributed by atoms with Crippen molar-refractivity contribution in [1.29, 1.82) is 0 Å². The summed E-state index contributed by atoms with van der Waals surface area (Å²) in [7, 11) is 0. The van der Waals surface area contributed by atoms with E-state index in [1.54, 1.807) is 10.7 Å². The first-order valence-electron chi connectivity index (χ1n) is 5.09. The van der Waals surface area contributed by atoms with E-state index in [1.165, 1.54) is 0 Å². The Morgan fingerprint density at radius 1 is 1.50 bits per heavy atom. The molecule has 16 heavy (non-hydrogen) atoms. The van der Waals surface area contributed by atoms with E-state index in [2.05, 4.69) is 33.0 Å². The molecule has 0 atom stereocenters. The van der Waals surface area contributed by atoms with E-state index in [4.69, 9.17) is 0 Å². The summed E-state index contributed by atoms with van der Waals surface area (Å²) in [5.41, 5.74) is 1.48. The second-order valence-corrected chi connectivity index (χ2v) is 4.47. The molecular weight excluding hydrogens is 317 g/mol. The number of rotatable bonds is 4. The normalized spacial score (nSPS) is 10.6. The number of carbonyl (C=O) groups excluding carboxylic acids is 1. The summed E-state index contributed by atoms with van der Waals surface area (Å²) in [6, 6.07) is 5.68. The zero-order chi connectivity index (χ0) is 11.4. The zero-order valence-electron chi connectivity index (χ0n) is 8.69. The SMILES string of the molecule is O=C(NCCCI)c1cnn2ccccc12. The molecule has 0 aliphatic rings. The Morgan fingerprint density at radius 3 is 3.19 bits per heavy atom. The number of nitrogens with one attached hydrogen (secondary N) is 1. The van der Waals surface area contributed by atoms with E-state index in [1.807, 2.05) is 24.4 Å². The van der Waals surface area contributed by atoms with E-state index in [0.29, 0.717) is 12.1 Å². The molecule has 0 saturated heterocycles. The molecule has 0 radical (unpaired) electrons. The van der Waals surface area contributed by atoms with Crippen LogP contribution in [-0.4, -0.2) is 26.5 Å². The lowest BCUT2D eigenvalue weighted by atomic mass is 10.2. The Labute approximate surface area is 107 Å². The summed E-state index contributed by atoms with van der Waals surface area (Å²) in [6.07, 6.45) is 4.43. The van der Waals surface area contributed by atoms with Crippen molar-refractivity contribution >= 4 is 34.0 Å². The molecule has 1 N–H and O–H groups in total. The Bertz CT molecular complexity index is 495. The predicted molar refractivity (Wildman–Crippen MR) is 71.0 cm³/mol. The maximum atomic E-state index is 11.8. The van der Waals surface area contributed by atoms with Gasteiger partial charge in [-0.05, 0) is 18.6 Å². The van der Waals surface area contributed by atoms with Crippen LogP contribution < -0.4 is 5.32 Å². The third kappa shape index (κ3) is 2.34. The summed E-state index contributed by atoms with van der Waals surface area (Å²) in [5, 5.41) is 7.00. The van der Waals surface area contributed by atoms with E-state index in [9.17, 15) is 4.79 Å². The maximum Gasteiger partial charge on any atom is 0.255 e. The lowest BCUT2D eigenvalue weighted by Crippen LogP contribution is -2.24. The van der Waals surface area contributed by atoms with Gasteiger partial charge in [0.15, 0.2) is 0 Å². The van der Waals surface area contributed by atoms with Gasteiger partial charge in [-0.3, -0.25) is 4.79 Å². The van der Waals surface area contributed by atoms with Crippen LogP contribution in [0.1, 0.15) is 16.8 Å². The van der Waals surface area contributed by atoms with E-state index in [0.717, 1.165) is 16.4 Å². The molecular formula is C11H12IN3O. The topological polar surface area (TPSA) is 46.4 Å². The fraction of sp³-hybridized carbons (Fsp3) is 0.273. The minimum absolute atomic E-state index is 0.0500. The Hall–Kier alpha value is -1.11. The molecule has 84 valence electrons. The molecule has 0 aliphatic carbocycles. The number of pyridine rings is 1. The van der Waals surface area contributed by atoms with Crippen molar-refractivity contribution in [3.05, 3.63) is 36.2 Å². The van der Waals surface area contributed by atoms with Gasteiger partial charge in [-0.1, -0.05) is 28.7 Å². The van der Waals surface area contributed by atoms with Crippen LogP contribution in [0.5, 0.6) is 0 Å². The number of halogens is 1. The molecule has 4 nitrogen and oxygen atoms in total. The van der Waals surface area contributed by atoms with Gasteiger partial charge in [0.25, 0.3) is 5.91 Å². The van der Waals surface area contributed by atoms with Crippen molar-refractivity contribution in [2.75, 3.05) is 11.0 Å². The summed E-state index contributed by atoms with van der Waals surface area (Å²) >= 11 is 2.29. The van der Waals surface area contributed by atoms with Crippen molar-refractivity contribution in [2.24, 2.45) is 0 Å². The van der Waals surface area contributed by atoms with Crippen LogP contribution >= 0.6 is 22.6 Å². The van der Waals surface area contributed by atoms with E-state index >= 15 is 0 Å². The predicted octanol–water partition coefficient (Wildman–Crippen LogP) is 1.89. The Morgan fingerprint density at radius 2 is 2.38 bits per heavy atom. The molecule has 0 saturated carbocycles. The van der Waals surface area contributed by atoms with Gasteiger partial charge in [-0.2, -0.15) is 5.10 Å². The fourth-order valence-corrected chi connectivity index (χ4v) is 1.85. The monoisotopic (exact) mass is 329 g/mol. The van der Waals surface area contributed by atoms with Crippen molar-refractivity contribution in [1.82, 2.24) is 14.9 Å². The Balaban J connectivity index is 2.17. The lowest BCUT2D eigenvalue weighted by molar-refractivity contribution is 0.0955. The molecule has 2 heterocycles. The number of fused-ring (bicyclic) bond motifs is 1. The van der Waals surface area contributed by atoms with Gasteiger partial charge in [0, 0.05) is 17.2 Å². The third-order valence-electron chi connectivity index (χ3n) is 2.27. The molecule has 0 bridgehead atoms. The second kappa shape index (κ2) is 5.29. The van der Waals surface area contributed by atoms with Gasteiger partial charge in [0.2, 0.25) is 0 Å². The highest BCUT2D eigenvalue weighted by Crippen LogP contribution is 2.09. The van der Waals surface area contributed by atoms with Gasteiger partial charge < -0.3 is 5.32 Å². The van der Waals surface area contributed by atoms with Gasteiger partial charge in [-0.15, -0.1) is 0 Å². The number of alkyl halides is 1. The molecule has 1 amide bonds. The first kappa shape index (κ1) is 11.4. The summed E-state index contributed by atoms with van der Waals surface area (Å²) in [4.78, 5) is 11.8. The average molecular weight is 329 g/mol. The minimum atomic E-state index is -0.0500. The van der Waals surface area contributed by atoms with Gasteiger partial charge in [-0.25, -0.2) is 4.52 Å². The first-order chi connectivity index (χ1) is 7.83. The third-order valence-corrected chi connectivity index (χ3v) is 3.03. The van der Waals surface area contributed by atoms with Crippen LogP contribution in [0.15, 0.2) is 30.6 Å². The van der Waals surface area contributed by atoms with E-state index < -0.39 is 0 Å². The molecule has 0 spiro atoms. The highest BCUT2D eigenvalue weighted by atomic mass is 127. The molecule has 2 rings (SSSR count). The van der Waals surface area contributed by atoms with Gasteiger partial charge >= 0.3 is 0 Å². The fourth-order valence-electron chi connectivity index (χ4n) is 1.47.